The van der Waals surface area contributed by atoms with Crippen molar-refractivity contribution in [2.75, 3.05) is 19.6 Å². The maximum Gasteiger partial charge on any atom is 0.310 e. The number of rotatable bonds is 6. The van der Waals surface area contributed by atoms with Crippen LogP contribution in [0.2, 0.25) is 0 Å². The van der Waals surface area contributed by atoms with Crippen LogP contribution in [0, 0.1) is 11.8 Å². The van der Waals surface area contributed by atoms with Crippen LogP contribution in [0.1, 0.15) is 32.3 Å². The number of nitrogens with one attached hydrogen (secondary N) is 2. The molecule has 8 heteroatoms. The van der Waals surface area contributed by atoms with Gasteiger partial charge in [0.1, 0.15) is 0 Å². The highest BCUT2D eigenvalue weighted by atomic mass is 35.5. The van der Waals surface area contributed by atoms with Crippen LogP contribution in [0.3, 0.4) is 0 Å². The molecule has 1 aromatic heterocycles. The van der Waals surface area contributed by atoms with Crippen molar-refractivity contribution in [3.63, 3.8) is 0 Å². The number of hydrogen-bond acceptors (Lipinski definition) is 5. The third-order valence-electron chi connectivity index (χ3n) is 4.04. The van der Waals surface area contributed by atoms with Gasteiger partial charge in [0.25, 0.3) is 0 Å². The van der Waals surface area contributed by atoms with Crippen LogP contribution in [0.25, 0.3) is 0 Å². The molecule has 1 fully saturated rings. The van der Waals surface area contributed by atoms with Gasteiger partial charge in [-0.25, -0.2) is 0 Å². The molecule has 136 valence electrons. The van der Waals surface area contributed by atoms with E-state index < -0.39 is 0 Å². The van der Waals surface area contributed by atoms with Gasteiger partial charge in [0.15, 0.2) is 0 Å². The number of carbonyl (C=O) groups is 2. The minimum atomic E-state index is -0.354. The molecule has 0 bridgehead atoms. The predicted molar refractivity (Wildman–Crippen MR) is 93.0 cm³/mol. The summed E-state index contributed by atoms with van der Waals surface area (Å²) in [6.45, 7) is 7.07. The van der Waals surface area contributed by atoms with Gasteiger partial charge in [0.05, 0.1) is 24.1 Å². The first-order valence-electron chi connectivity index (χ1n) is 8.06. The van der Waals surface area contributed by atoms with E-state index in [0.29, 0.717) is 13.1 Å². The molecule has 7 nitrogen and oxygen atoms in total. The summed E-state index contributed by atoms with van der Waals surface area (Å²) in [5, 5.41) is 10.3. The molecule has 24 heavy (non-hydrogen) atoms. The number of aromatic nitrogens is 2. The Labute approximate surface area is 148 Å². The highest BCUT2D eigenvalue weighted by Gasteiger charge is 2.34. The SMILES string of the molecule is CC(C)OC(=O)C(C)CNC(=O)[C@H]1CNC[C@@H]1c1cnn(C)c1.Cl. The number of halogens is 1. The van der Waals surface area contributed by atoms with Crippen LogP contribution in [0.5, 0.6) is 0 Å². The highest BCUT2D eigenvalue weighted by molar-refractivity contribution is 5.85. The molecule has 0 radical (unpaired) electrons. The van der Waals surface area contributed by atoms with E-state index in [4.69, 9.17) is 4.74 Å². The van der Waals surface area contributed by atoms with Crippen molar-refractivity contribution < 1.29 is 14.3 Å². The van der Waals surface area contributed by atoms with Crippen LogP contribution in [0.4, 0.5) is 0 Å². The second-order valence-electron chi connectivity index (χ2n) is 6.45. The van der Waals surface area contributed by atoms with Crippen LogP contribution in [0.15, 0.2) is 12.4 Å². The monoisotopic (exact) mass is 358 g/mol. The summed E-state index contributed by atoms with van der Waals surface area (Å²) in [5.74, 6) is -0.705. The Morgan fingerprint density at radius 2 is 2.12 bits per heavy atom. The van der Waals surface area contributed by atoms with E-state index in [1.807, 2.05) is 27.1 Å². The summed E-state index contributed by atoms with van der Waals surface area (Å²) in [6.07, 6.45) is 3.61. The molecule has 0 saturated carbocycles. The third kappa shape index (κ3) is 5.21. The van der Waals surface area contributed by atoms with Gasteiger partial charge in [-0.2, -0.15) is 5.10 Å². The van der Waals surface area contributed by atoms with E-state index in [2.05, 4.69) is 15.7 Å². The maximum absolute atomic E-state index is 12.5. The first kappa shape index (κ1) is 20.4. The summed E-state index contributed by atoms with van der Waals surface area (Å²) < 4.78 is 6.89. The second-order valence-corrected chi connectivity index (χ2v) is 6.45. The first-order valence-corrected chi connectivity index (χ1v) is 8.06. The number of aryl methyl sites for hydroxylation is 1. The molecular formula is C16H27ClN4O3. The van der Waals surface area contributed by atoms with Crippen molar-refractivity contribution in [2.45, 2.75) is 32.8 Å². The molecule has 1 aliphatic heterocycles. The minimum absolute atomic E-state index is 0. The van der Waals surface area contributed by atoms with Gasteiger partial charge in [-0.05, 0) is 19.4 Å². The zero-order valence-corrected chi connectivity index (χ0v) is 15.4. The predicted octanol–water partition coefficient (Wildman–Crippen LogP) is 0.849. The molecule has 1 aliphatic rings. The average molecular weight is 359 g/mol. The fourth-order valence-electron chi connectivity index (χ4n) is 2.75. The molecule has 1 amide bonds. The minimum Gasteiger partial charge on any atom is -0.463 e. The highest BCUT2D eigenvalue weighted by Crippen LogP contribution is 2.27. The van der Waals surface area contributed by atoms with Gasteiger partial charge < -0.3 is 15.4 Å². The second kappa shape index (κ2) is 9.03. The molecule has 0 aromatic carbocycles. The number of esters is 1. The van der Waals surface area contributed by atoms with Gasteiger partial charge >= 0.3 is 5.97 Å². The summed E-state index contributed by atoms with van der Waals surface area (Å²) in [6, 6.07) is 0. The number of nitrogens with zero attached hydrogens (tertiary/aromatic N) is 2. The van der Waals surface area contributed by atoms with Crippen LogP contribution in [-0.2, 0) is 21.4 Å². The smallest absolute Gasteiger partial charge is 0.310 e. The first-order chi connectivity index (χ1) is 10.9. The Hall–Kier alpha value is -1.60. The summed E-state index contributed by atoms with van der Waals surface area (Å²) in [4.78, 5) is 24.2. The number of amides is 1. The Morgan fingerprint density at radius 3 is 2.71 bits per heavy atom. The molecule has 2 heterocycles. The molecule has 1 unspecified atom stereocenters. The zero-order valence-electron chi connectivity index (χ0n) is 14.6. The standard InChI is InChI=1S/C16H26N4O3.ClH/c1-10(2)23-16(22)11(3)5-18-15(21)14-8-17-7-13(14)12-6-19-20(4)9-12;/h6,9-11,13-14,17H,5,7-8H2,1-4H3,(H,18,21);1H/t11?,13-,14+;/m1./s1. The molecule has 1 saturated heterocycles. The van der Waals surface area contributed by atoms with Crippen LogP contribution in [-0.4, -0.2) is 47.4 Å². The molecule has 0 aliphatic carbocycles. The molecule has 1 aromatic rings. The van der Waals surface area contributed by atoms with Crippen molar-refractivity contribution >= 4 is 24.3 Å². The summed E-state index contributed by atoms with van der Waals surface area (Å²) in [7, 11) is 1.86. The van der Waals surface area contributed by atoms with E-state index in [1.54, 1.807) is 17.8 Å². The Bertz CT molecular complexity index is 561. The van der Waals surface area contributed by atoms with Crippen LogP contribution < -0.4 is 10.6 Å². The largest absolute Gasteiger partial charge is 0.463 e. The third-order valence-corrected chi connectivity index (χ3v) is 4.04. The van der Waals surface area contributed by atoms with Gasteiger partial charge in [0, 0.05) is 38.8 Å². The van der Waals surface area contributed by atoms with E-state index in [1.165, 1.54) is 0 Å². The van der Waals surface area contributed by atoms with Gasteiger partial charge in [0.2, 0.25) is 5.91 Å². The maximum atomic E-state index is 12.5. The van der Waals surface area contributed by atoms with Gasteiger partial charge in [-0.3, -0.25) is 14.3 Å². The Morgan fingerprint density at radius 1 is 1.42 bits per heavy atom. The quantitative estimate of drug-likeness (QED) is 0.736. The van der Waals surface area contributed by atoms with Crippen molar-refractivity contribution in [3.05, 3.63) is 18.0 Å². The summed E-state index contributed by atoms with van der Waals surface area (Å²) >= 11 is 0. The van der Waals surface area contributed by atoms with Crippen molar-refractivity contribution in [3.8, 4) is 0 Å². The lowest BCUT2D eigenvalue weighted by Gasteiger charge is -2.19. The lowest BCUT2D eigenvalue weighted by molar-refractivity contribution is -0.151. The van der Waals surface area contributed by atoms with Crippen LogP contribution >= 0.6 is 12.4 Å². The van der Waals surface area contributed by atoms with E-state index in [0.717, 1.165) is 12.1 Å². The lowest BCUT2D eigenvalue weighted by atomic mass is 9.90. The molecule has 3 atom stereocenters. The van der Waals surface area contributed by atoms with Crippen molar-refractivity contribution in [1.29, 1.82) is 0 Å². The average Bonchev–Trinajstić information content (AvgIpc) is 3.11. The summed E-state index contributed by atoms with van der Waals surface area (Å²) in [5.41, 5.74) is 1.06. The van der Waals surface area contributed by atoms with Gasteiger partial charge in [-0.1, -0.05) is 6.92 Å². The molecule has 2 rings (SSSR count). The molecule has 2 N–H and O–H groups in total. The normalized spacial score (nSPS) is 21.2. The van der Waals surface area contributed by atoms with E-state index >= 15 is 0 Å². The zero-order chi connectivity index (χ0) is 17.0. The fourth-order valence-corrected chi connectivity index (χ4v) is 2.75. The topological polar surface area (TPSA) is 85.2 Å². The number of ether oxygens (including phenoxy) is 1. The van der Waals surface area contributed by atoms with Gasteiger partial charge in [-0.15, -0.1) is 12.4 Å². The van der Waals surface area contributed by atoms with E-state index in [-0.39, 0.29) is 48.1 Å². The lowest BCUT2D eigenvalue weighted by Crippen LogP contribution is -2.38. The van der Waals surface area contributed by atoms with Crippen molar-refractivity contribution in [2.24, 2.45) is 18.9 Å². The van der Waals surface area contributed by atoms with Crippen molar-refractivity contribution in [1.82, 2.24) is 20.4 Å². The van der Waals surface area contributed by atoms with E-state index in [9.17, 15) is 9.59 Å². The Balaban J connectivity index is 0.00000288. The molecule has 0 spiro atoms. The number of carbonyl (C=O) groups excluding carboxylic acids is 2. The molecular weight excluding hydrogens is 332 g/mol. The Kier molecular flexibility index (Phi) is 7.69. The fraction of sp³-hybridized carbons (Fsp3) is 0.688. The number of hydrogen-bond donors (Lipinski definition) is 2.